The van der Waals surface area contributed by atoms with Gasteiger partial charge in [0.15, 0.2) is 0 Å². The molecule has 1 radical (unpaired) electrons. The summed E-state index contributed by atoms with van der Waals surface area (Å²) in [6.07, 6.45) is 3.10. The van der Waals surface area contributed by atoms with E-state index in [1.54, 1.807) is 48.8 Å². The fraction of sp³-hybridized carbons (Fsp3) is 0.0556. The molecule has 0 fully saturated rings. The number of halogens is 2. The Kier molecular flexibility index (Phi) is 8.53. The van der Waals surface area contributed by atoms with Gasteiger partial charge < -0.3 is 9.72 Å². The number of rotatable bonds is 2. The van der Waals surface area contributed by atoms with Crippen LogP contribution in [0.1, 0.15) is 10.5 Å². The molecule has 7 heteroatoms. The summed E-state index contributed by atoms with van der Waals surface area (Å²) in [6, 6.07) is 14.6. The van der Waals surface area contributed by atoms with Crippen LogP contribution in [0, 0.1) is 17.7 Å². The van der Waals surface area contributed by atoms with Crippen LogP contribution >= 0.6 is 0 Å². The Bertz CT molecular complexity index is 803. The predicted molar refractivity (Wildman–Crippen MR) is 84.0 cm³/mol. The Hall–Kier alpha value is -2.50. The predicted octanol–water partition coefficient (Wildman–Crippen LogP) is 3.69. The van der Waals surface area contributed by atoms with Crippen LogP contribution in [0.2, 0.25) is 0 Å². The number of methoxy groups -OCH3 is 1. The minimum atomic E-state index is -0.649. The molecular weight excluding hydrogens is 506 g/mol. The van der Waals surface area contributed by atoms with Gasteiger partial charge >= 0.3 is 5.97 Å². The van der Waals surface area contributed by atoms with Crippen molar-refractivity contribution in [2.75, 3.05) is 7.11 Å². The molecule has 2 aromatic heterocycles. The van der Waals surface area contributed by atoms with E-state index in [4.69, 9.17) is 0 Å². The first-order valence-corrected chi connectivity index (χ1v) is 6.89. The second-order valence-corrected chi connectivity index (χ2v) is 4.46. The zero-order valence-corrected chi connectivity index (χ0v) is 15.5. The third kappa shape index (κ3) is 6.14. The number of aromatic nitrogens is 2. The molecule has 0 unspecified atom stereocenters. The van der Waals surface area contributed by atoms with E-state index < -0.39 is 17.6 Å². The molecule has 0 aliphatic rings. The average Bonchev–Trinajstić information content (AvgIpc) is 2.63. The monoisotopic (exact) mass is 520 g/mol. The SMILES string of the molecule is COC(=O)c1ccccn1.Fc1c[c-]c(-c2ccccn2)c(F)c1.[Ir]. The molecule has 1 aromatic carbocycles. The van der Waals surface area contributed by atoms with E-state index in [2.05, 4.69) is 20.8 Å². The number of nitrogens with zero attached hydrogens (tertiary/aromatic N) is 2. The van der Waals surface area contributed by atoms with Crippen molar-refractivity contribution in [3.63, 3.8) is 0 Å². The third-order valence-electron chi connectivity index (χ3n) is 2.84. The van der Waals surface area contributed by atoms with E-state index in [-0.39, 0.29) is 25.7 Å². The topological polar surface area (TPSA) is 52.1 Å². The standard InChI is InChI=1S/C11H6F2N.C7H7NO2.Ir/c12-8-4-5-9(10(13)7-8)11-3-1-2-6-14-11;1-10-7(9)6-4-2-3-5-8-6;/h1-4,6-7H;2-5H,1H3;/q-1;;. The Morgan fingerprint density at radius 1 is 1.08 bits per heavy atom. The molecular formula is C18H13F2IrN2O2-. The Morgan fingerprint density at radius 3 is 2.28 bits per heavy atom. The number of hydrogen-bond donors (Lipinski definition) is 0. The van der Waals surface area contributed by atoms with Crippen molar-refractivity contribution in [2.45, 2.75) is 0 Å². The van der Waals surface area contributed by atoms with Gasteiger partial charge in [-0.25, -0.2) is 9.78 Å². The van der Waals surface area contributed by atoms with Crippen LogP contribution in [0.4, 0.5) is 8.78 Å². The Balaban J connectivity index is 0.000000254. The second-order valence-electron chi connectivity index (χ2n) is 4.46. The van der Waals surface area contributed by atoms with E-state index in [0.717, 1.165) is 12.1 Å². The van der Waals surface area contributed by atoms with Gasteiger partial charge in [-0.15, -0.1) is 12.1 Å². The number of carbonyl (C=O) groups is 1. The normalized spacial score (nSPS) is 9.24. The minimum absolute atomic E-state index is 0. The maximum absolute atomic E-state index is 13.2. The van der Waals surface area contributed by atoms with Gasteiger partial charge in [-0.1, -0.05) is 29.8 Å². The van der Waals surface area contributed by atoms with E-state index in [1.165, 1.54) is 7.11 Å². The summed E-state index contributed by atoms with van der Waals surface area (Å²) in [5.74, 6) is -1.69. The van der Waals surface area contributed by atoms with Gasteiger partial charge in [0.25, 0.3) is 0 Å². The molecule has 0 saturated carbocycles. The van der Waals surface area contributed by atoms with Crippen LogP contribution in [-0.2, 0) is 24.8 Å². The first-order chi connectivity index (χ1) is 11.6. The van der Waals surface area contributed by atoms with Crippen molar-refractivity contribution in [3.05, 3.63) is 84.3 Å². The third-order valence-corrected chi connectivity index (χ3v) is 2.84. The van der Waals surface area contributed by atoms with Gasteiger partial charge in [0.2, 0.25) is 0 Å². The molecule has 0 amide bonds. The van der Waals surface area contributed by atoms with Gasteiger partial charge in [-0.05, 0) is 23.9 Å². The van der Waals surface area contributed by atoms with Crippen LogP contribution in [0.3, 0.4) is 0 Å². The largest absolute Gasteiger partial charge is 0.464 e. The van der Waals surface area contributed by atoms with Crippen LogP contribution in [-0.4, -0.2) is 23.0 Å². The molecule has 0 aliphatic carbocycles. The van der Waals surface area contributed by atoms with Crippen LogP contribution in [0.25, 0.3) is 11.3 Å². The zero-order chi connectivity index (χ0) is 17.4. The number of hydrogen-bond acceptors (Lipinski definition) is 4. The molecule has 3 aromatic rings. The summed E-state index contributed by atoms with van der Waals surface area (Å²) in [5.41, 5.74) is 0.974. The molecule has 4 nitrogen and oxygen atoms in total. The molecule has 3 rings (SSSR count). The van der Waals surface area contributed by atoms with Crippen LogP contribution in [0.5, 0.6) is 0 Å². The zero-order valence-electron chi connectivity index (χ0n) is 13.1. The number of pyridine rings is 2. The summed E-state index contributed by atoms with van der Waals surface area (Å²) in [4.78, 5) is 18.4. The summed E-state index contributed by atoms with van der Waals surface area (Å²) in [5, 5.41) is 0. The average molecular weight is 520 g/mol. The van der Waals surface area contributed by atoms with Crippen molar-refractivity contribution >= 4 is 5.97 Å². The van der Waals surface area contributed by atoms with Gasteiger partial charge in [0, 0.05) is 44.1 Å². The summed E-state index contributed by atoms with van der Waals surface area (Å²) in [6.45, 7) is 0. The van der Waals surface area contributed by atoms with Gasteiger partial charge in [-0.3, -0.25) is 8.78 Å². The Labute approximate surface area is 157 Å². The molecule has 0 atom stereocenters. The molecule has 0 bridgehead atoms. The first-order valence-electron chi connectivity index (χ1n) is 6.89. The Morgan fingerprint density at radius 2 is 1.76 bits per heavy atom. The van der Waals surface area contributed by atoms with E-state index in [0.29, 0.717) is 11.4 Å². The quantitative estimate of drug-likeness (QED) is 0.383. The van der Waals surface area contributed by atoms with Crippen molar-refractivity contribution in [2.24, 2.45) is 0 Å². The van der Waals surface area contributed by atoms with E-state index in [9.17, 15) is 13.6 Å². The van der Waals surface area contributed by atoms with Crippen molar-refractivity contribution in [3.8, 4) is 11.3 Å². The summed E-state index contributed by atoms with van der Waals surface area (Å²) >= 11 is 0. The summed E-state index contributed by atoms with van der Waals surface area (Å²) < 4.78 is 30.2. The maximum Gasteiger partial charge on any atom is 0.356 e. The molecule has 131 valence electrons. The van der Waals surface area contributed by atoms with E-state index in [1.807, 2.05) is 0 Å². The molecule has 2 heterocycles. The van der Waals surface area contributed by atoms with Crippen LogP contribution in [0.15, 0.2) is 60.9 Å². The minimum Gasteiger partial charge on any atom is -0.464 e. The van der Waals surface area contributed by atoms with Gasteiger partial charge in [0.05, 0.1) is 7.11 Å². The molecule has 0 saturated heterocycles. The fourth-order valence-corrected chi connectivity index (χ4v) is 1.74. The van der Waals surface area contributed by atoms with Crippen molar-refractivity contribution in [1.29, 1.82) is 0 Å². The number of benzene rings is 1. The molecule has 0 spiro atoms. The summed E-state index contributed by atoms with van der Waals surface area (Å²) in [7, 11) is 1.33. The van der Waals surface area contributed by atoms with E-state index >= 15 is 0 Å². The van der Waals surface area contributed by atoms with Gasteiger partial charge in [0.1, 0.15) is 5.69 Å². The smallest absolute Gasteiger partial charge is 0.356 e. The first kappa shape index (κ1) is 20.5. The second kappa shape index (κ2) is 10.4. The van der Waals surface area contributed by atoms with Crippen molar-refractivity contribution in [1.82, 2.24) is 9.97 Å². The van der Waals surface area contributed by atoms with Gasteiger partial charge in [-0.2, -0.15) is 0 Å². The molecule has 0 N–H and O–H groups in total. The number of ether oxygens (including phenoxy) is 1. The maximum atomic E-state index is 13.2. The van der Waals surface area contributed by atoms with Crippen molar-refractivity contribution < 1.29 is 38.4 Å². The number of carbonyl (C=O) groups excluding carboxylic acids is 1. The fourth-order valence-electron chi connectivity index (χ4n) is 1.74. The number of esters is 1. The molecule has 0 aliphatic heterocycles. The molecule has 25 heavy (non-hydrogen) atoms. The van der Waals surface area contributed by atoms with Crippen LogP contribution < -0.4 is 0 Å².